The number of piperidine rings is 2. The van der Waals surface area contributed by atoms with Crippen molar-refractivity contribution in [2.45, 2.75) is 89.0 Å². The number of anilines is 1. The SMILES string of the molecule is CC1C(=O)N2C(CCC(=O)N3CCC4(CC3)CC4)CCCC2CN1C(=O)Nc1ccc(C(F)(F)F)c(Cl)c1. The van der Waals surface area contributed by atoms with Gasteiger partial charge in [-0.25, -0.2) is 4.79 Å². The number of nitrogens with zero attached hydrogens (tertiary/aromatic N) is 3. The van der Waals surface area contributed by atoms with Gasteiger partial charge in [-0.15, -0.1) is 0 Å². The fourth-order valence-corrected chi connectivity index (χ4v) is 6.64. The first-order valence-corrected chi connectivity index (χ1v) is 13.9. The van der Waals surface area contributed by atoms with Gasteiger partial charge in [0.1, 0.15) is 6.04 Å². The van der Waals surface area contributed by atoms with Gasteiger partial charge in [0.15, 0.2) is 0 Å². The summed E-state index contributed by atoms with van der Waals surface area (Å²) < 4.78 is 39.0. The summed E-state index contributed by atoms with van der Waals surface area (Å²) >= 11 is 5.79. The number of nitrogens with one attached hydrogen (secondary N) is 1. The molecule has 1 aromatic rings. The van der Waals surface area contributed by atoms with Crippen LogP contribution in [0.1, 0.15) is 70.3 Å². The lowest BCUT2D eigenvalue weighted by Crippen LogP contribution is -2.66. The lowest BCUT2D eigenvalue weighted by atomic mass is 9.89. The molecule has 4 aliphatic rings. The van der Waals surface area contributed by atoms with Crippen molar-refractivity contribution < 1.29 is 27.6 Å². The molecule has 1 aliphatic carbocycles. The molecule has 0 radical (unpaired) electrons. The zero-order valence-electron chi connectivity index (χ0n) is 21.5. The van der Waals surface area contributed by atoms with Crippen molar-refractivity contribution in [2.75, 3.05) is 25.0 Å². The summed E-state index contributed by atoms with van der Waals surface area (Å²) in [6.45, 7) is 3.65. The average molecular weight is 555 g/mol. The molecular formula is C27H34ClF3N4O3. The number of amides is 4. The Morgan fingerprint density at radius 2 is 1.84 bits per heavy atom. The second kappa shape index (κ2) is 10.2. The molecule has 11 heteroatoms. The largest absolute Gasteiger partial charge is 0.417 e. The number of urea groups is 1. The molecule has 4 fully saturated rings. The Kier molecular flexibility index (Phi) is 7.30. The highest BCUT2D eigenvalue weighted by molar-refractivity contribution is 6.31. The van der Waals surface area contributed by atoms with E-state index in [0.29, 0.717) is 24.8 Å². The highest BCUT2D eigenvalue weighted by Gasteiger charge is 2.46. The molecule has 0 aromatic heterocycles. The molecule has 1 N–H and O–H groups in total. The fraction of sp³-hybridized carbons (Fsp3) is 0.667. The topological polar surface area (TPSA) is 73.0 Å². The van der Waals surface area contributed by atoms with Crippen LogP contribution in [0.15, 0.2) is 18.2 Å². The molecule has 4 amide bonds. The number of rotatable bonds is 4. The van der Waals surface area contributed by atoms with Crippen LogP contribution in [-0.4, -0.2) is 70.3 Å². The Balaban J connectivity index is 1.18. The normalized spacial score (nSPS) is 26.8. The van der Waals surface area contributed by atoms with Crippen LogP contribution in [0, 0.1) is 5.41 Å². The van der Waals surface area contributed by atoms with E-state index >= 15 is 0 Å². The lowest BCUT2D eigenvalue weighted by Gasteiger charge is -2.50. The van der Waals surface area contributed by atoms with E-state index in [1.54, 1.807) is 6.92 Å². The van der Waals surface area contributed by atoms with Crippen molar-refractivity contribution in [1.82, 2.24) is 14.7 Å². The molecule has 208 valence electrons. The molecule has 3 saturated heterocycles. The summed E-state index contributed by atoms with van der Waals surface area (Å²) in [7, 11) is 0. The van der Waals surface area contributed by atoms with Crippen LogP contribution in [0.2, 0.25) is 5.02 Å². The highest BCUT2D eigenvalue weighted by atomic mass is 35.5. The van der Waals surface area contributed by atoms with Crippen LogP contribution in [0.4, 0.5) is 23.7 Å². The van der Waals surface area contributed by atoms with Crippen LogP contribution in [-0.2, 0) is 15.8 Å². The summed E-state index contributed by atoms with van der Waals surface area (Å²) in [5, 5.41) is 2.08. The van der Waals surface area contributed by atoms with Crippen molar-refractivity contribution in [1.29, 1.82) is 0 Å². The van der Waals surface area contributed by atoms with Crippen molar-refractivity contribution in [3.63, 3.8) is 0 Å². The Hall–Kier alpha value is -2.49. The summed E-state index contributed by atoms with van der Waals surface area (Å²) in [5.74, 6) is 0.00369. The summed E-state index contributed by atoms with van der Waals surface area (Å²) in [6, 6.07) is 1.55. The van der Waals surface area contributed by atoms with E-state index in [0.717, 1.165) is 63.4 Å². The lowest BCUT2D eigenvalue weighted by molar-refractivity contribution is -0.150. The Morgan fingerprint density at radius 3 is 2.47 bits per heavy atom. The monoisotopic (exact) mass is 554 g/mol. The molecule has 3 heterocycles. The molecule has 1 saturated carbocycles. The molecule has 3 atom stereocenters. The predicted octanol–water partition coefficient (Wildman–Crippen LogP) is 5.53. The maximum Gasteiger partial charge on any atom is 0.417 e. The number of carbonyl (C=O) groups is 3. The van der Waals surface area contributed by atoms with Gasteiger partial charge in [0.05, 0.1) is 10.6 Å². The van der Waals surface area contributed by atoms with Crippen LogP contribution in [0.3, 0.4) is 0 Å². The van der Waals surface area contributed by atoms with Crippen molar-refractivity contribution in [2.24, 2.45) is 5.41 Å². The van der Waals surface area contributed by atoms with Gasteiger partial charge in [0, 0.05) is 43.8 Å². The van der Waals surface area contributed by atoms with E-state index < -0.39 is 28.8 Å². The molecule has 38 heavy (non-hydrogen) atoms. The van der Waals surface area contributed by atoms with Gasteiger partial charge in [-0.05, 0) is 81.9 Å². The number of piperazine rings is 1. The average Bonchev–Trinajstić information content (AvgIpc) is 3.62. The van der Waals surface area contributed by atoms with Crippen molar-refractivity contribution in [3.8, 4) is 0 Å². The number of halogens is 4. The van der Waals surface area contributed by atoms with Crippen LogP contribution in [0.5, 0.6) is 0 Å². The number of carbonyl (C=O) groups excluding carboxylic acids is 3. The Morgan fingerprint density at radius 1 is 1.13 bits per heavy atom. The van der Waals surface area contributed by atoms with E-state index in [1.807, 2.05) is 9.80 Å². The van der Waals surface area contributed by atoms with Crippen LogP contribution < -0.4 is 5.32 Å². The van der Waals surface area contributed by atoms with Gasteiger partial charge in [-0.3, -0.25) is 9.59 Å². The van der Waals surface area contributed by atoms with Gasteiger partial charge >= 0.3 is 12.2 Å². The van der Waals surface area contributed by atoms with E-state index in [4.69, 9.17) is 11.6 Å². The zero-order valence-corrected chi connectivity index (χ0v) is 22.3. The second-order valence-electron chi connectivity index (χ2n) is 11.4. The van der Waals surface area contributed by atoms with Gasteiger partial charge in [0.25, 0.3) is 0 Å². The van der Waals surface area contributed by atoms with Gasteiger partial charge < -0.3 is 20.0 Å². The molecule has 1 spiro atoms. The van der Waals surface area contributed by atoms with Gasteiger partial charge in [-0.1, -0.05) is 11.6 Å². The third-order valence-electron chi connectivity index (χ3n) is 8.96. The van der Waals surface area contributed by atoms with Gasteiger partial charge in [-0.2, -0.15) is 13.2 Å². The molecular weight excluding hydrogens is 521 g/mol. The molecule has 5 rings (SSSR count). The molecule has 7 nitrogen and oxygen atoms in total. The summed E-state index contributed by atoms with van der Waals surface area (Å²) in [4.78, 5) is 44.7. The Bertz CT molecular complexity index is 1100. The zero-order chi connectivity index (χ0) is 27.2. The smallest absolute Gasteiger partial charge is 0.343 e. The molecule has 3 unspecified atom stereocenters. The number of hydrogen-bond donors (Lipinski definition) is 1. The maximum atomic E-state index is 13.4. The summed E-state index contributed by atoms with van der Waals surface area (Å²) in [5.41, 5.74) is -0.339. The number of alkyl halides is 3. The number of hydrogen-bond acceptors (Lipinski definition) is 3. The third kappa shape index (κ3) is 5.46. The quantitative estimate of drug-likeness (QED) is 0.532. The van der Waals surface area contributed by atoms with Crippen LogP contribution >= 0.6 is 11.6 Å². The van der Waals surface area contributed by atoms with E-state index in [1.165, 1.54) is 17.7 Å². The highest BCUT2D eigenvalue weighted by Crippen LogP contribution is 2.53. The first-order valence-electron chi connectivity index (χ1n) is 13.5. The number of fused-ring (bicyclic) bond motifs is 1. The van der Waals surface area contributed by atoms with E-state index in [-0.39, 0.29) is 29.6 Å². The fourth-order valence-electron chi connectivity index (χ4n) is 6.35. The first kappa shape index (κ1) is 27.1. The number of benzene rings is 1. The first-order chi connectivity index (χ1) is 18.0. The minimum atomic E-state index is -4.59. The second-order valence-corrected chi connectivity index (χ2v) is 11.8. The molecule has 3 aliphatic heterocycles. The standard InChI is InChI=1S/C27H34ClF3N4O3/c1-17-24(37)35-19(6-8-23(36)33-13-11-26(9-10-26)12-14-33)3-2-4-20(35)16-34(17)25(38)32-18-5-7-21(22(28)15-18)27(29,30)31/h5,7,15,17,19-20H,2-4,6,8-14,16H2,1H3,(H,32,38). The number of likely N-dealkylation sites (tertiary alicyclic amines) is 1. The van der Waals surface area contributed by atoms with Gasteiger partial charge in [0.2, 0.25) is 11.8 Å². The minimum absolute atomic E-state index is 0.0360. The van der Waals surface area contributed by atoms with Crippen LogP contribution in [0.25, 0.3) is 0 Å². The van der Waals surface area contributed by atoms with E-state index in [9.17, 15) is 27.6 Å². The maximum absolute atomic E-state index is 13.4. The van der Waals surface area contributed by atoms with Crippen molar-refractivity contribution in [3.05, 3.63) is 28.8 Å². The van der Waals surface area contributed by atoms with E-state index in [2.05, 4.69) is 5.32 Å². The molecule has 1 aromatic carbocycles. The molecule has 0 bridgehead atoms. The van der Waals surface area contributed by atoms with Crippen molar-refractivity contribution >= 4 is 35.1 Å². The minimum Gasteiger partial charge on any atom is -0.343 e. The third-order valence-corrected chi connectivity index (χ3v) is 9.27. The Labute approximate surface area is 225 Å². The predicted molar refractivity (Wildman–Crippen MR) is 137 cm³/mol. The summed E-state index contributed by atoms with van der Waals surface area (Å²) in [6.07, 6.45) is 3.72.